The van der Waals surface area contributed by atoms with Gasteiger partial charge < -0.3 is 20.3 Å². The lowest BCUT2D eigenvalue weighted by Crippen LogP contribution is -2.47. The summed E-state index contributed by atoms with van der Waals surface area (Å²) < 4.78 is 5.98. The number of amides is 3. The molecule has 0 bridgehead atoms. The number of benzene rings is 1. The quantitative estimate of drug-likeness (QED) is 0.699. The van der Waals surface area contributed by atoms with Crippen LogP contribution in [0.1, 0.15) is 42.3 Å². The van der Waals surface area contributed by atoms with Crippen LogP contribution in [0.25, 0.3) is 10.1 Å². The molecule has 8 heteroatoms. The second-order valence-corrected chi connectivity index (χ2v) is 8.66. The summed E-state index contributed by atoms with van der Waals surface area (Å²) in [4.78, 5) is 39.1. The Balaban J connectivity index is 1.65. The maximum absolute atomic E-state index is 12.6. The standard InChI is InChI=1S/C21H27N3O4S/c1-4-28-18(25)17-12-14-11-15(7-8-16(14)29-17)23-20(27)22-13-21(9-5-6-10-21)19(26)24(2)3/h7-8,11-12H,4-6,9-10,13H2,1-3H3,(H2,22,23,27). The molecule has 3 rings (SSSR count). The van der Waals surface area contributed by atoms with Crippen molar-refractivity contribution in [1.29, 1.82) is 0 Å². The summed E-state index contributed by atoms with van der Waals surface area (Å²) in [6.45, 7) is 2.43. The van der Waals surface area contributed by atoms with Gasteiger partial charge in [-0.05, 0) is 49.4 Å². The van der Waals surface area contributed by atoms with Crippen molar-refractivity contribution >= 4 is 45.0 Å². The normalized spacial score (nSPS) is 15.1. The fourth-order valence-corrected chi connectivity index (χ4v) is 4.78. The third-order valence-electron chi connectivity index (χ3n) is 5.26. The lowest BCUT2D eigenvalue weighted by molar-refractivity contribution is -0.138. The van der Waals surface area contributed by atoms with E-state index < -0.39 is 5.41 Å². The molecule has 2 N–H and O–H groups in total. The molecule has 29 heavy (non-hydrogen) atoms. The molecule has 0 spiro atoms. The van der Waals surface area contributed by atoms with Gasteiger partial charge in [0.2, 0.25) is 5.91 Å². The zero-order chi connectivity index (χ0) is 21.0. The summed E-state index contributed by atoms with van der Waals surface area (Å²) in [6, 6.07) is 6.91. The molecule has 156 valence electrons. The first-order valence-corrected chi connectivity index (χ1v) is 10.6. The Morgan fingerprint density at radius 2 is 1.90 bits per heavy atom. The summed E-state index contributed by atoms with van der Waals surface area (Å²) in [5, 5.41) is 6.56. The number of hydrogen-bond acceptors (Lipinski definition) is 5. The van der Waals surface area contributed by atoms with Crippen LogP contribution in [0.4, 0.5) is 10.5 Å². The number of esters is 1. The van der Waals surface area contributed by atoms with Crippen LogP contribution in [0.15, 0.2) is 24.3 Å². The van der Waals surface area contributed by atoms with Crippen LogP contribution in [0, 0.1) is 5.41 Å². The van der Waals surface area contributed by atoms with E-state index in [-0.39, 0.29) is 17.9 Å². The number of carbonyl (C=O) groups is 3. The molecule has 1 aliphatic rings. The number of carbonyl (C=O) groups excluding carboxylic acids is 3. The molecule has 0 unspecified atom stereocenters. The first kappa shape index (κ1) is 21.1. The Morgan fingerprint density at radius 3 is 2.55 bits per heavy atom. The molecule has 0 atom stereocenters. The molecule has 1 aromatic carbocycles. The highest BCUT2D eigenvalue weighted by Gasteiger charge is 2.42. The fraction of sp³-hybridized carbons (Fsp3) is 0.476. The number of anilines is 1. The van der Waals surface area contributed by atoms with E-state index in [2.05, 4.69) is 10.6 Å². The predicted molar refractivity (Wildman–Crippen MR) is 114 cm³/mol. The van der Waals surface area contributed by atoms with Crippen molar-refractivity contribution in [2.75, 3.05) is 32.6 Å². The Bertz CT molecular complexity index is 916. The average molecular weight is 418 g/mol. The van der Waals surface area contributed by atoms with Gasteiger partial charge in [0.1, 0.15) is 4.88 Å². The first-order chi connectivity index (χ1) is 13.8. The van der Waals surface area contributed by atoms with Crippen LogP contribution < -0.4 is 10.6 Å². The van der Waals surface area contributed by atoms with Gasteiger partial charge in [0.15, 0.2) is 0 Å². The highest BCUT2D eigenvalue weighted by molar-refractivity contribution is 7.20. The number of hydrogen-bond donors (Lipinski definition) is 2. The predicted octanol–water partition coefficient (Wildman–Crippen LogP) is 3.85. The van der Waals surface area contributed by atoms with Crippen LogP contribution in [0.2, 0.25) is 0 Å². The minimum atomic E-state index is -0.507. The second-order valence-electron chi connectivity index (χ2n) is 7.58. The second kappa shape index (κ2) is 8.82. The van der Waals surface area contributed by atoms with Gasteiger partial charge in [0.25, 0.3) is 0 Å². The zero-order valence-electron chi connectivity index (χ0n) is 17.0. The summed E-state index contributed by atoms with van der Waals surface area (Å²) >= 11 is 1.36. The molecule has 3 amide bonds. The molecule has 1 fully saturated rings. The van der Waals surface area contributed by atoms with E-state index in [1.807, 2.05) is 12.1 Å². The van der Waals surface area contributed by atoms with Gasteiger partial charge in [-0.3, -0.25) is 4.79 Å². The van der Waals surface area contributed by atoms with E-state index in [0.29, 0.717) is 23.7 Å². The van der Waals surface area contributed by atoms with E-state index in [0.717, 1.165) is 35.8 Å². The van der Waals surface area contributed by atoms with Crippen molar-refractivity contribution in [2.45, 2.75) is 32.6 Å². The van der Waals surface area contributed by atoms with Crippen LogP contribution in [0.3, 0.4) is 0 Å². The van der Waals surface area contributed by atoms with Crippen molar-refractivity contribution in [3.05, 3.63) is 29.1 Å². The third-order valence-corrected chi connectivity index (χ3v) is 6.35. The highest BCUT2D eigenvalue weighted by atomic mass is 32.1. The number of fused-ring (bicyclic) bond motifs is 1. The maximum Gasteiger partial charge on any atom is 0.348 e. The van der Waals surface area contributed by atoms with E-state index in [9.17, 15) is 14.4 Å². The Labute approximate surface area is 174 Å². The Morgan fingerprint density at radius 1 is 1.17 bits per heavy atom. The van der Waals surface area contributed by atoms with E-state index in [1.54, 1.807) is 38.1 Å². The number of urea groups is 1. The van der Waals surface area contributed by atoms with Crippen LogP contribution in [-0.4, -0.2) is 50.1 Å². The van der Waals surface area contributed by atoms with E-state index in [4.69, 9.17) is 4.74 Å². The van der Waals surface area contributed by atoms with E-state index in [1.165, 1.54) is 11.3 Å². The molecule has 0 aliphatic heterocycles. The number of nitrogens with zero attached hydrogens (tertiary/aromatic N) is 1. The largest absolute Gasteiger partial charge is 0.462 e. The molecule has 1 heterocycles. The zero-order valence-corrected chi connectivity index (χ0v) is 17.9. The van der Waals surface area contributed by atoms with Crippen molar-refractivity contribution < 1.29 is 19.1 Å². The van der Waals surface area contributed by atoms with E-state index >= 15 is 0 Å². The molecule has 0 radical (unpaired) electrons. The number of nitrogens with one attached hydrogen (secondary N) is 2. The van der Waals surface area contributed by atoms with Crippen molar-refractivity contribution in [1.82, 2.24) is 10.2 Å². The molecule has 2 aromatic rings. The van der Waals surface area contributed by atoms with Gasteiger partial charge in [0, 0.05) is 31.0 Å². The topological polar surface area (TPSA) is 87.7 Å². The molecule has 1 aliphatic carbocycles. The van der Waals surface area contributed by atoms with Gasteiger partial charge in [-0.15, -0.1) is 11.3 Å². The number of thiophene rings is 1. The van der Waals surface area contributed by atoms with Crippen molar-refractivity contribution in [3.63, 3.8) is 0 Å². The molecular formula is C21H27N3O4S. The summed E-state index contributed by atoms with van der Waals surface area (Å²) in [5.74, 6) is -0.269. The lowest BCUT2D eigenvalue weighted by atomic mass is 9.84. The van der Waals surface area contributed by atoms with Crippen LogP contribution >= 0.6 is 11.3 Å². The van der Waals surface area contributed by atoms with Gasteiger partial charge in [-0.25, -0.2) is 9.59 Å². The van der Waals surface area contributed by atoms with Gasteiger partial charge in [0.05, 0.1) is 12.0 Å². The maximum atomic E-state index is 12.6. The minimum absolute atomic E-state index is 0.0708. The number of ether oxygens (including phenoxy) is 1. The lowest BCUT2D eigenvalue weighted by Gasteiger charge is -2.30. The smallest absolute Gasteiger partial charge is 0.348 e. The van der Waals surface area contributed by atoms with Crippen molar-refractivity contribution in [2.24, 2.45) is 5.41 Å². The summed E-state index contributed by atoms with van der Waals surface area (Å²) in [5.41, 5.74) is 0.120. The molecule has 1 saturated carbocycles. The highest BCUT2D eigenvalue weighted by Crippen LogP contribution is 2.39. The number of rotatable bonds is 6. The fourth-order valence-electron chi connectivity index (χ4n) is 3.84. The van der Waals surface area contributed by atoms with Gasteiger partial charge in [-0.1, -0.05) is 12.8 Å². The molecule has 7 nitrogen and oxygen atoms in total. The monoisotopic (exact) mass is 417 g/mol. The molecule has 1 aromatic heterocycles. The SMILES string of the molecule is CCOC(=O)c1cc2cc(NC(=O)NCC3(C(=O)N(C)C)CCCC3)ccc2s1. The summed E-state index contributed by atoms with van der Waals surface area (Å²) in [7, 11) is 3.51. The van der Waals surface area contributed by atoms with Crippen molar-refractivity contribution in [3.8, 4) is 0 Å². The van der Waals surface area contributed by atoms with Crippen LogP contribution in [0.5, 0.6) is 0 Å². The van der Waals surface area contributed by atoms with Crippen LogP contribution in [-0.2, 0) is 9.53 Å². The third kappa shape index (κ3) is 4.70. The molecule has 0 saturated heterocycles. The first-order valence-electron chi connectivity index (χ1n) is 9.82. The molecular weight excluding hydrogens is 390 g/mol. The average Bonchev–Trinajstić information content (AvgIpc) is 3.33. The van der Waals surface area contributed by atoms with Gasteiger partial charge >= 0.3 is 12.0 Å². The van der Waals surface area contributed by atoms with Gasteiger partial charge in [-0.2, -0.15) is 0 Å². The Kier molecular flexibility index (Phi) is 6.42. The Hall–Kier alpha value is -2.61. The summed E-state index contributed by atoms with van der Waals surface area (Å²) in [6.07, 6.45) is 3.59. The minimum Gasteiger partial charge on any atom is -0.462 e.